The molecule has 0 aliphatic heterocycles. The molecule has 1 heterocycles. The van der Waals surface area contributed by atoms with Crippen LogP contribution in [0.5, 0.6) is 0 Å². The van der Waals surface area contributed by atoms with E-state index in [2.05, 4.69) is 4.98 Å². The summed E-state index contributed by atoms with van der Waals surface area (Å²) in [5.74, 6) is -0.770. The number of hydrogen-bond donors (Lipinski definition) is 3. The maximum absolute atomic E-state index is 12.2. The molecule has 0 atom stereocenters. The van der Waals surface area contributed by atoms with Crippen LogP contribution in [-0.4, -0.2) is 23.5 Å². The lowest BCUT2D eigenvalue weighted by Crippen LogP contribution is -2.11. The van der Waals surface area contributed by atoms with Gasteiger partial charge in [0.1, 0.15) is 0 Å². The highest BCUT2D eigenvalue weighted by molar-refractivity contribution is 6.10. The SMILES string of the molecule is CCOC(=O)Cc1ccccc1-c1c[nH]c2cc(C(N)=O)cc(-c3cccc(CN)c3)c12. The van der Waals surface area contributed by atoms with Crippen LogP contribution in [-0.2, 0) is 22.5 Å². The molecular formula is C26H25N3O3. The number of benzene rings is 3. The molecule has 162 valence electrons. The van der Waals surface area contributed by atoms with Gasteiger partial charge in [0.25, 0.3) is 0 Å². The summed E-state index contributed by atoms with van der Waals surface area (Å²) in [5, 5.41) is 0.945. The predicted octanol–water partition coefficient (Wildman–Crippen LogP) is 4.17. The minimum Gasteiger partial charge on any atom is -0.466 e. The molecule has 0 radical (unpaired) electrons. The van der Waals surface area contributed by atoms with Crippen molar-refractivity contribution in [2.45, 2.75) is 19.9 Å². The molecular weight excluding hydrogens is 402 g/mol. The largest absolute Gasteiger partial charge is 0.466 e. The summed E-state index contributed by atoms with van der Waals surface area (Å²) in [7, 11) is 0. The van der Waals surface area contributed by atoms with Crippen LogP contribution in [0.3, 0.4) is 0 Å². The minimum absolute atomic E-state index is 0.175. The first-order valence-corrected chi connectivity index (χ1v) is 10.5. The van der Waals surface area contributed by atoms with Gasteiger partial charge in [-0.1, -0.05) is 42.5 Å². The van der Waals surface area contributed by atoms with Crippen molar-refractivity contribution in [1.29, 1.82) is 0 Å². The van der Waals surface area contributed by atoms with E-state index in [1.54, 1.807) is 13.0 Å². The third-order valence-corrected chi connectivity index (χ3v) is 5.49. The molecule has 32 heavy (non-hydrogen) atoms. The lowest BCUT2D eigenvalue weighted by atomic mass is 9.91. The minimum atomic E-state index is -0.498. The molecule has 1 aromatic heterocycles. The number of ether oxygens (including phenoxy) is 1. The summed E-state index contributed by atoms with van der Waals surface area (Å²) in [6, 6.07) is 19.2. The van der Waals surface area contributed by atoms with E-state index in [4.69, 9.17) is 16.2 Å². The number of primary amides is 1. The molecule has 0 bridgehead atoms. The summed E-state index contributed by atoms with van der Waals surface area (Å²) >= 11 is 0. The first-order chi connectivity index (χ1) is 15.5. The molecule has 4 rings (SSSR count). The van der Waals surface area contributed by atoms with E-state index in [1.165, 1.54) is 0 Å². The van der Waals surface area contributed by atoms with E-state index in [-0.39, 0.29) is 12.4 Å². The van der Waals surface area contributed by atoms with Gasteiger partial charge in [-0.2, -0.15) is 0 Å². The van der Waals surface area contributed by atoms with Gasteiger partial charge in [-0.15, -0.1) is 0 Å². The number of nitrogens with one attached hydrogen (secondary N) is 1. The monoisotopic (exact) mass is 427 g/mol. The Kier molecular flexibility index (Phi) is 6.05. The Morgan fingerprint density at radius 1 is 0.969 bits per heavy atom. The number of H-pyrrole nitrogens is 1. The van der Waals surface area contributed by atoms with Crippen molar-refractivity contribution >= 4 is 22.8 Å². The average Bonchev–Trinajstić information content (AvgIpc) is 3.23. The highest BCUT2D eigenvalue weighted by Gasteiger charge is 2.18. The van der Waals surface area contributed by atoms with Crippen molar-refractivity contribution in [2.75, 3.05) is 6.61 Å². The quantitative estimate of drug-likeness (QED) is 0.384. The fourth-order valence-electron chi connectivity index (χ4n) is 4.02. The second-order valence-corrected chi connectivity index (χ2v) is 7.56. The normalized spacial score (nSPS) is 10.9. The maximum atomic E-state index is 12.2. The lowest BCUT2D eigenvalue weighted by molar-refractivity contribution is -0.142. The second-order valence-electron chi connectivity index (χ2n) is 7.56. The number of aromatic nitrogens is 1. The van der Waals surface area contributed by atoms with Gasteiger partial charge >= 0.3 is 5.97 Å². The van der Waals surface area contributed by atoms with E-state index >= 15 is 0 Å². The molecule has 0 aliphatic rings. The van der Waals surface area contributed by atoms with Crippen LogP contribution in [0.15, 0.2) is 66.9 Å². The van der Waals surface area contributed by atoms with Gasteiger partial charge in [-0.25, -0.2) is 0 Å². The number of fused-ring (bicyclic) bond motifs is 1. The van der Waals surface area contributed by atoms with Crippen LogP contribution in [0.4, 0.5) is 0 Å². The Hall–Kier alpha value is -3.90. The van der Waals surface area contributed by atoms with Crippen LogP contribution < -0.4 is 11.5 Å². The van der Waals surface area contributed by atoms with Crippen molar-refractivity contribution in [3.63, 3.8) is 0 Å². The van der Waals surface area contributed by atoms with Crippen molar-refractivity contribution in [3.8, 4) is 22.3 Å². The molecule has 0 saturated heterocycles. The van der Waals surface area contributed by atoms with Crippen molar-refractivity contribution < 1.29 is 14.3 Å². The summed E-state index contributed by atoms with van der Waals surface area (Å²) in [6.45, 7) is 2.54. The summed E-state index contributed by atoms with van der Waals surface area (Å²) < 4.78 is 5.16. The number of carbonyl (C=O) groups is 2. The fraction of sp³-hybridized carbons (Fsp3) is 0.154. The number of amides is 1. The second kappa shape index (κ2) is 9.08. The highest BCUT2D eigenvalue weighted by atomic mass is 16.5. The average molecular weight is 428 g/mol. The van der Waals surface area contributed by atoms with Gasteiger partial charge in [-0.05, 0) is 52.9 Å². The molecule has 0 aliphatic carbocycles. The smallest absolute Gasteiger partial charge is 0.310 e. The zero-order valence-electron chi connectivity index (χ0n) is 17.9. The molecule has 0 spiro atoms. The van der Waals surface area contributed by atoms with E-state index in [0.717, 1.165) is 44.3 Å². The number of aromatic amines is 1. The topological polar surface area (TPSA) is 111 Å². The Bertz CT molecular complexity index is 1310. The molecule has 1 amide bonds. The molecule has 3 aromatic carbocycles. The molecule has 6 nitrogen and oxygen atoms in total. The van der Waals surface area contributed by atoms with Gasteiger partial charge in [0.05, 0.1) is 13.0 Å². The van der Waals surface area contributed by atoms with Crippen LogP contribution in [0.2, 0.25) is 0 Å². The third kappa shape index (κ3) is 4.13. The number of nitrogens with two attached hydrogens (primary N) is 2. The zero-order chi connectivity index (χ0) is 22.7. The zero-order valence-corrected chi connectivity index (χ0v) is 17.9. The van der Waals surface area contributed by atoms with Crippen molar-refractivity contribution in [3.05, 3.63) is 83.6 Å². The molecule has 0 fully saturated rings. The number of hydrogen-bond acceptors (Lipinski definition) is 4. The van der Waals surface area contributed by atoms with Gasteiger partial charge in [-0.3, -0.25) is 9.59 Å². The van der Waals surface area contributed by atoms with E-state index in [1.807, 2.05) is 60.8 Å². The first kappa shape index (κ1) is 21.3. The van der Waals surface area contributed by atoms with Crippen LogP contribution in [0.1, 0.15) is 28.4 Å². The first-order valence-electron chi connectivity index (χ1n) is 10.5. The van der Waals surface area contributed by atoms with E-state index in [0.29, 0.717) is 18.7 Å². The van der Waals surface area contributed by atoms with E-state index < -0.39 is 5.91 Å². The number of carbonyl (C=O) groups excluding carboxylic acids is 2. The fourth-order valence-corrected chi connectivity index (χ4v) is 4.02. The number of esters is 1. The van der Waals surface area contributed by atoms with Crippen molar-refractivity contribution in [2.24, 2.45) is 11.5 Å². The summed E-state index contributed by atoms with van der Waals surface area (Å²) in [6.07, 6.45) is 2.07. The Balaban J connectivity index is 1.96. The predicted molar refractivity (Wildman–Crippen MR) is 126 cm³/mol. The summed E-state index contributed by atoms with van der Waals surface area (Å²) in [4.78, 5) is 27.5. The van der Waals surface area contributed by atoms with Crippen LogP contribution >= 0.6 is 0 Å². The maximum Gasteiger partial charge on any atom is 0.310 e. The molecule has 6 heteroatoms. The molecule has 0 saturated carbocycles. The molecule has 0 unspecified atom stereocenters. The standard InChI is InChI=1S/C26H25N3O3/c1-2-32-24(30)13-18-7-3-4-9-20(18)22-15-29-23-12-19(26(28)31)11-21(25(22)23)17-8-5-6-16(10-17)14-27/h3-12,15,29H,2,13-14,27H2,1H3,(H2,28,31). The Morgan fingerprint density at radius 3 is 2.53 bits per heavy atom. The van der Waals surface area contributed by atoms with E-state index in [9.17, 15) is 9.59 Å². The van der Waals surface area contributed by atoms with Gasteiger partial charge in [0.15, 0.2) is 0 Å². The Labute approximate surface area is 186 Å². The summed E-state index contributed by atoms with van der Waals surface area (Å²) in [5.41, 5.74) is 18.2. The van der Waals surface area contributed by atoms with Crippen LogP contribution in [0.25, 0.3) is 33.2 Å². The van der Waals surface area contributed by atoms with Crippen molar-refractivity contribution in [1.82, 2.24) is 4.98 Å². The molecule has 4 aromatic rings. The lowest BCUT2D eigenvalue weighted by Gasteiger charge is -2.13. The third-order valence-electron chi connectivity index (χ3n) is 5.49. The van der Waals surface area contributed by atoms with Gasteiger partial charge in [0.2, 0.25) is 5.91 Å². The van der Waals surface area contributed by atoms with Crippen LogP contribution in [0, 0.1) is 0 Å². The molecule has 5 N–H and O–H groups in total. The van der Waals surface area contributed by atoms with Gasteiger partial charge < -0.3 is 21.2 Å². The highest BCUT2D eigenvalue weighted by Crippen LogP contribution is 2.39. The van der Waals surface area contributed by atoms with Gasteiger partial charge in [0, 0.05) is 34.8 Å². The number of rotatable bonds is 7. The Morgan fingerprint density at radius 2 is 1.78 bits per heavy atom.